The summed E-state index contributed by atoms with van der Waals surface area (Å²) in [6.07, 6.45) is 3.61. The van der Waals surface area contributed by atoms with Gasteiger partial charge in [-0.2, -0.15) is 0 Å². The van der Waals surface area contributed by atoms with Crippen molar-refractivity contribution in [3.8, 4) is 11.1 Å². The number of anilines is 1. The lowest BCUT2D eigenvalue weighted by Crippen LogP contribution is -2.14. The van der Waals surface area contributed by atoms with E-state index in [1.54, 1.807) is 36.5 Å². The second-order valence-electron chi connectivity index (χ2n) is 6.02. The first-order valence-electron chi connectivity index (χ1n) is 7.99. The highest BCUT2D eigenvalue weighted by molar-refractivity contribution is 7.92. The first-order valence-corrected chi connectivity index (χ1v) is 9.47. The Labute approximate surface area is 148 Å². The number of pyridine rings is 1. The lowest BCUT2D eigenvalue weighted by Gasteiger charge is -2.16. The molecule has 0 aliphatic carbocycles. The van der Waals surface area contributed by atoms with Gasteiger partial charge in [0.25, 0.3) is 10.0 Å². The Kier molecular flexibility index (Phi) is 4.59. The number of nitrogens with one attached hydrogen (secondary N) is 1. The maximum Gasteiger partial charge on any atom is 0.261 e. The molecule has 5 heteroatoms. The average molecular weight is 352 g/mol. The van der Waals surface area contributed by atoms with E-state index in [0.29, 0.717) is 5.69 Å². The second kappa shape index (κ2) is 6.69. The van der Waals surface area contributed by atoms with Crippen molar-refractivity contribution in [1.29, 1.82) is 0 Å². The lowest BCUT2D eigenvalue weighted by molar-refractivity contribution is 0.601. The van der Waals surface area contributed by atoms with Crippen molar-refractivity contribution in [2.75, 3.05) is 4.72 Å². The third-order valence-corrected chi connectivity index (χ3v) is 5.80. The molecule has 0 spiro atoms. The smallest absolute Gasteiger partial charge is 0.261 e. The molecule has 0 saturated carbocycles. The molecule has 0 aliphatic rings. The van der Waals surface area contributed by atoms with Crippen LogP contribution in [0.1, 0.15) is 16.7 Å². The van der Waals surface area contributed by atoms with Gasteiger partial charge in [0, 0.05) is 18.0 Å². The first kappa shape index (κ1) is 17.2. The van der Waals surface area contributed by atoms with Crippen LogP contribution in [0, 0.1) is 20.8 Å². The number of aromatic nitrogens is 1. The Morgan fingerprint density at radius 3 is 2.24 bits per heavy atom. The highest BCUT2D eigenvalue weighted by Crippen LogP contribution is 2.32. The van der Waals surface area contributed by atoms with Crippen LogP contribution in [0.25, 0.3) is 11.1 Å². The summed E-state index contributed by atoms with van der Waals surface area (Å²) in [6.45, 7) is 5.96. The van der Waals surface area contributed by atoms with E-state index >= 15 is 0 Å². The molecule has 4 nitrogen and oxygen atoms in total. The Morgan fingerprint density at radius 1 is 0.840 bits per heavy atom. The van der Waals surface area contributed by atoms with E-state index in [-0.39, 0.29) is 4.90 Å². The fourth-order valence-corrected chi connectivity index (χ4v) is 3.92. The fraction of sp³-hybridized carbons (Fsp3) is 0.150. The molecule has 0 amide bonds. The van der Waals surface area contributed by atoms with Crippen LogP contribution in [-0.2, 0) is 10.0 Å². The van der Waals surface area contributed by atoms with E-state index in [2.05, 4.69) is 9.71 Å². The maximum atomic E-state index is 12.6. The molecule has 0 fully saturated rings. The summed E-state index contributed by atoms with van der Waals surface area (Å²) in [5.41, 5.74) is 5.78. The average Bonchev–Trinajstić information content (AvgIpc) is 2.61. The van der Waals surface area contributed by atoms with Crippen molar-refractivity contribution < 1.29 is 8.42 Å². The van der Waals surface area contributed by atoms with Crippen molar-refractivity contribution in [2.24, 2.45) is 0 Å². The highest BCUT2D eigenvalue weighted by atomic mass is 32.2. The van der Waals surface area contributed by atoms with Crippen LogP contribution >= 0.6 is 0 Å². The predicted octanol–water partition coefficient (Wildman–Crippen LogP) is 4.47. The molecule has 0 saturated heterocycles. The molecular formula is C20H20N2O2S. The molecule has 0 unspecified atom stereocenters. The van der Waals surface area contributed by atoms with E-state index in [9.17, 15) is 8.42 Å². The number of nitrogens with zero attached hydrogens (tertiary/aromatic N) is 1. The first-order chi connectivity index (χ1) is 11.9. The largest absolute Gasteiger partial charge is 0.279 e. The second-order valence-corrected chi connectivity index (χ2v) is 7.70. The SMILES string of the molecule is Cc1ccncc1-c1ccc(NS(=O)(=O)c2ccccc2)c(C)c1C. The number of rotatable bonds is 4. The monoisotopic (exact) mass is 352 g/mol. The number of benzene rings is 2. The summed E-state index contributed by atoms with van der Waals surface area (Å²) in [4.78, 5) is 4.45. The van der Waals surface area contributed by atoms with Gasteiger partial charge in [0.05, 0.1) is 10.6 Å². The number of sulfonamides is 1. The van der Waals surface area contributed by atoms with Gasteiger partial charge in [-0.05, 0) is 67.3 Å². The molecule has 0 radical (unpaired) electrons. The van der Waals surface area contributed by atoms with Gasteiger partial charge < -0.3 is 0 Å². The zero-order valence-corrected chi connectivity index (χ0v) is 15.3. The standard InChI is InChI=1S/C20H20N2O2S/c1-14-11-12-21-13-19(14)18-9-10-20(16(3)15(18)2)22-25(23,24)17-7-5-4-6-8-17/h4-13,22H,1-3H3. The van der Waals surface area contributed by atoms with Gasteiger partial charge in [0.1, 0.15) is 0 Å². The zero-order valence-electron chi connectivity index (χ0n) is 14.4. The maximum absolute atomic E-state index is 12.6. The quantitative estimate of drug-likeness (QED) is 0.753. The summed E-state index contributed by atoms with van der Waals surface area (Å²) in [7, 11) is -3.60. The number of aryl methyl sites for hydroxylation is 1. The zero-order chi connectivity index (χ0) is 18.0. The van der Waals surface area contributed by atoms with Gasteiger partial charge in [0.2, 0.25) is 0 Å². The number of hydrogen-bond donors (Lipinski definition) is 1. The van der Waals surface area contributed by atoms with Crippen LogP contribution in [0.4, 0.5) is 5.69 Å². The third-order valence-electron chi connectivity index (χ3n) is 4.41. The van der Waals surface area contributed by atoms with Crippen LogP contribution in [0.15, 0.2) is 65.8 Å². The number of hydrogen-bond acceptors (Lipinski definition) is 3. The van der Waals surface area contributed by atoms with E-state index in [4.69, 9.17) is 0 Å². The molecule has 1 heterocycles. The summed E-state index contributed by atoms with van der Waals surface area (Å²) in [5, 5.41) is 0. The Balaban J connectivity index is 2.01. The highest BCUT2D eigenvalue weighted by Gasteiger charge is 2.17. The molecule has 0 bridgehead atoms. The van der Waals surface area contributed by atoms with Gasteiger partial charge in [-0.25, -0.2) is 8.42 Å². The minimum atomic E-state index is -3.60. The minimum absolute atomic E-state index is 0.249. The van der Waals surface area contributed by atoms with Crippen LogP contribution in [0.5, 0.6) is 0 Å². The molecule has 128 valence electrons. The van der Waals surface area contributed by atoms with Crippen molar-refractivity contribution in [2.45, 2.75) is 25.7 Å². The van der Waals surface area contributed by atoms with Gasteiger partial charge in [0.15, 0.2) is 0 Å². The predicted molar refractivity (Wildman–Crippen MR) is 101 cm³/mol. The lowest BCUT2D eigenvalue weighted by atomic mass is 9.95. The Bertz CT molecular complexity index is 1010. The van der Waals surface area contributed by atoms with Crippen molar-refractivity contribution >= 4 is 15.7 Å². The molecule has 3 rings (SSSR count). The van der Waals surface area contributed by atoms with E-state index in [1.165, 1.54) is 0 Å². The molecule has 2 aromatic carbocycles. The van der Waals surface area contributed by atoms with Crippen LogP contribution < -0.4 is 4.72 Å². The summed E-state index contributed by atoms with van der Waals surface area (Å²) in [5.74, 6) is 0. The van der Waals surface area contributed by atoms with E-state index in [0.717, 1.165) is 27.8 Å². The van der Waals surface area contributed by atoms with E-state index in [1.807, 2.05) is 45.2 Å². The summed E-state index contributed by atoms with van der Waals surface area (Å²) in [6, 6.07) is 14.1. The van der Waals surface area contributed by atoms with Crippen molar-refractivity contribution in [3.05, 3.63) is 77.6 Å². The molecule has 1 aromatic heterocycles. The summed E-state index contributed by atoms with van der Waals surface area (Å²) >= 11 is 0. The third kappa shape index (κ3) is 3.42. The minimum Gasteiger partial charge on any atom is -0.279 e. The molecule has 0 atom stereocenters. The Morgan fingerprint density at radius 2 is 1.56 bits per heavy atom. The van der Waals surface area contributed by atoms with Crippen LogP contribution in [0.3, 0.4) is 0 Å². The fourth-order valence-electron chi connectivity index (χ4n) is 2.77. The molecule has 3 aromatic rings. The van der Waals surface area contributed by atoms with Gasteiger partial charge in [-0.1, -0.05) is 24.3 Å². The normalized spacial score (nSPS) is 11.3. The topological polar surface area (TPSA) is 59.1 Å². The summed E-state index contributed by atoms with van der Waals surface area (Å²) < 4.78 is 27.8. The van der Waals surface area contributed by atoms with Crippen molar-refractivity contribution in [1.82, 2.24) is 4.98 Å². The molecule has 0 aliphatic heterocycles. The van der Waals surface area contributed by atoms with Crippen molar-refractivity contribution in [3.63, 3.8) is 0 Å². The van der Waals surface area contributed by atoms with Crippen LogP contribution in [-0.4, -0.2) is 13.4 Å². The molecule has 1 N–H and O–H groups in total. The molecule has 25 heavy (non-hydrogen) atoms. The Hall–Kier alpha value is -2.66. The van der Waals surface area contributed by atoms with Crippen LogP contribution in [0.2, 0.25) is 0 Å². The van der Waals surface area contributed by atoms with Gasteiger partial charge in [-0.15, -0.1) is 0 Å². The molecular weight excluding hydrogens is 332 g/mol. The van der Waals surface area contributed by atoms with Gasteiger partial charge >= 0.3 is 0 Å². The van der Waals surface area contributed by atoms with Gasteiger partial charge in [-0.3, -0.25) is 9.71 Å². The van der Waals surface area contributed by atoms with E-state index < -0.39 is 10.0 Å².